The van der Waals surface area contributed by atoms with Gasteiger partial charge in [0.2, 0.25) is 5.91 Å². The number of hydrogen-bond acceptors (Lipinski definition) is 3. The number of imidazole rings is 1. The standard InChI is InChI=1S/C10H18N4O/c1-3-8(6-11)10(15)13-7-9-12-4-5-14(9)2/h4-5,8H,3,6-7,11H2,1-2H3,(H,13,15). The van der Waals surface area contributed by atoms with Crippen molar-refractivity contribution in [2.75, 3.05) is 6.54 Å². The quantitative estimate of drug-likeness (QED) is 0.719. The van der Waals surface area contributed by atoms with E-state index in [1.165, 1.54) is 0 Å². The average molecular weight is 210 g/mol. The fraction of sp³-hybridized carbons (Fsp3) is 0.600. The van der Waals surface area contributed by atoms with E-state index in [0.29, 0.717) is 13.1 Å². The van der Waals surface area contributed by atoms with Crippen LogP contribution in [0.25, 0.3) is 0 Å². The van der Waals surface area contributed by atoms with Crippen LogP contribution in [0.15, 0.2) is 12.4 Å². The Morgan fingerprint density at radius 3 is 2.93 bits per heavy atom. The minimum atomic E-state index is -0.0923. The van der Waals surface area contributed by atoms with Gasteiger partial charge >= 0.3 is 0 Å². The number of aromatic nitrogens is 2. The number of aryl methyl sites for hydroxylation is 1. The summed E-state index contributed by atoms with van der Waals surface area (Å²) < 4.78 is 1.88. The largest absolute Gasteiger partial charge is 0.349 e. The van der Waals surface area contributed by atoms with E-state index in [1.54, 1.807) is 6.20 Å². The van der Waals surface area contributed by atoms with Crippen LogP contribution in [0.4, 0.5) is 0 Å². The summed E-state index contributed by atoms with van der Waals surface area (Å²) in [6.45, 7) is 2.81. The Balaban J connectivity index is 2.43. The van der Waals surface area contributed by atoms with Crippen molar-refractivity contribution in [1.82, 2.24) is 14.9 Å². The third-order valence-corrected chi connectivity index (χ3v) is 2.49. The molecule has 0 spiro atoms. The van der Waals surface area contributed by atoms with Gasteiger partial charge in [-0.05, 0) is 6.42 Å². The van der Waals surface area contributed by atoms with Crippen LogP contribution in [0.2, 0.25) is 0 Å². The van der Waals surface area contributed by atoms with Crippen LogP contribution in [0.5, 0.6) is 0 Å². The fourth-order valence-corrected chi connectivity index (χ4v) is 1.34. The molecule has 5 heteroatoms. The fourth-order valence-electron chi connectivity index (χ4n) is 1.34. The van der Waals surface area contributed by atoms with E-state index in [1.807, 2.05) is 24.7 Å². The molecule has 3 N–H and O–H groups in total. The van der Waals surface area contributed by atoms with Crippen molar-refractivity contribution < 1.29 is 4.79 Å². The maximum atomic E-state index is 11.6. The third-order valence-electron chi connectivity index (χ3n) is 2.49. The Labute approximate surface area is 89.7 Å². The highest BCUT2D eigenvalue weighted by Crippen LogP contribution is 2.00. The SMILES string of the molecule is CCC(CN)C(=O)NCc1nccn1C. The van der Waals surface area contributed by atoms with Crippen molar-refractivity contribution in [3.05, 3.63) is 18.2 Å². The van der Waals surface area contributed by atoms with Crippen LogP contribution in [0.1, 0.15) is 19.2 Å². The van der Waals surface area contributed by atoms with Gasteiger partial charge in [0.1, 0.15) is 5.82 Å². The zero-order chi connectivity index (χ0) is 11.3. The molecule has 84 valence electrons. The van der Waals surface area contributed by atoms with Gasteiger partial charge in [-0.2, -0.15) is 0 Å². The van der Waals surface area contributed by atoms with Gasteiger partial charge in [-0.25, -0.2) is 4.98 Å². The minimum Gasteiger partial charge on any atom is -0.349 e. The first-order chi connectivity index (χ1) is 7.19. The maximum Gasteiger partial charge on any atom is 0.224 e. The lowest BCUT2D eigenvalue weighted by molar-refractivity contribution is -0.125. The molecule has 15 heavy (non-hydrogen) atoms. The number of rotatable bonds is 5. The van der Waals surface area contributed by atoms with Crippen LogP contribution in [0.3, 0.4) is 0 Å². The molecule has 0 aliphatic rings. The van der Waals surface area contributed by atoms with Gasteiger partial charge in [-0.3, -0.25) is 4.79 Å². The summed E-state index contributed by atoms with van der Waals surface area (Å²) in [4.78, 5) is 15.7. The first-order valence-electron chi connectivity index (χ1n) is 5.13. The molecule has 1 atom stereocenters. The van der Waals surface area contributed by atoms with Gasteiger partial charge in [0.15, 0.2) is 0 Å². The van der Waals surface area contributed by atoms with Gasteiger partial charge in [0, 0.05) is 31.9 Å². The first-order valence-corrected chi connectivity index (χ1v) is 5.13. The number of carbonyl (C=O) groups is 1. The molecule has 1 aromatic heterocycles. The lowest BCUT2D eigenvalue weighted by Gasteiger charge is -2.12. The van der Waals surface area contributed by atoms with Crippen molar-refractivity contribution in [1.29, 1.82) is 0 Å². The predicted octanol–water partition coefficient (Wildman–Crippen LogP) is 0.0212. The second kappa shape index (κ2) is 5.50. The summed E-state index contributed by atoms with van der Waals surface area (Å²) in [5, 5.41) is 2.83. The summed E-state index contributed by atoms with van der Waals surface area (Å²) in [5.41, 5.74) is 5.48. The molecule has 0 saturated carbocycles. The molecule has 1 heterocycles. The third kappa shape index (κ3) is 3.06. The number of nitrogens with two attached hydrogens (primary N) is 1. The van der Waals surface area contributed by atoms with Crippen molar-refractivity contribution in [2.24, 2.45) is 18.7 Å². The molecule has 1 rings (SSSR count). The molecular formula is C10H18N4O. The molecule has 0 bridgehead atoms. The molecule has 0 aliphatic heterocycles. The molecule has 0 aromatic carbocycles. The average Bonchev–Trinajstić information content (AvgIpc) is 2.63. The Morgan fingerprint density at radius 1 is 1.73 bits per heavy atom. The van der Waals surface area contributed by atoms with Crippen LogP contribution in [-0.2, 0) is 18.4 Å². The van der Waals surface area contributed by atoms with Crippen molar-refractivity contribution >= 4 is 5.91 Å². The zero-order valence-electron chi connectivity index (χ0n) is 9.23. The van der Waals surface area contributed by atoms with E-state index in [2.05, 4.69) is 10.3 Å². The molecule has 1 unspecified atom stereocenters. The van der Waals surface area contributed by atoms with E-state index in [4.69, 9.17) is 5.73 Å². The summed E-state index contributed by atoms with van der Waals surface area (Å²) in [5.74, 6) is 0.753. The number of nitrogens with one attached hydrogen (secondary N) is 1. The Bertz CT molecular complexity index is 317. The van der Waals surface area contributed by atoms with E-state index in [0.717, 1.165) is 12.2 Å². The van der Waals surface area contributed by atoms with Gasteiger partial charge in [0.05, 0.1) is 6.54 Å². The molecule has 0 aliphatic carbocycles. The highest BCUT2D eigenvalue weighted by Gasteiger charge is 2.14. The van der Waals surface area contributed by atoms with Crippen LogP contribution in [0, 0.1) is 5.92 Å². The summed E-state index contributed by atoms with van der Waals surface area (Å²) in [7, 11) is 1.90. The predicted molar refractivity (Wildman–Crippen MR) is 57.9 cm³/mol. The number of carbonyl (C=O) groups excluding carboxylic acids is 1. The molecule has 0 radical (unpaired) electrons. The Hall–Kier alpha value is -1.36. The summed E-state index contributed by atoms with van der Waals surface area (Å²) >= 11 is 0. The van der Waals surface area contributed by atoms with Crippen molar-refractivity contribution in [3.8, 4) is 0 Å². The number of hydrogen-bond donors (Lipinski definition) is 2. The molecule has 1 amide bonds. The molecule has 1 aromatic rings. The molecular weight excluding hydrogens is 192 g/mol. The van der Waals surface area contributed by atoms with E-state index in [9.17, 15) is 4.79 Å². The van der Waals surface area contributed by atoms with Crippen LogP contribution >= 0.6 is 0 Å². The van der Waals surface area contributed by atoms with Crippen LogP contribution < -0.4 is 11.1 Å². The first kappa shape index (κ1) is 11.7. The van der Waals surface area contributed by atoms with E-state index in [-0.39, 0.29) is 11.8 Å². The van der Waals surface area contributed by atoms with Gasteiger partial charge in [-0.1, -0.05) is 6.92 Å². The second-order valence-electron chi connectivity index (χ2n) is 3.51. The maximum absolute atomic E-state index is 11.6. The smallest absolute Gasteiger partial charge is 0.224 e. The highest BCUT2D eigenvalue weighted by molar-refractivity contribution is 5.78. The lowest BCUT2D eigenvalue weighted by atomic mass is 10.1. The molecule has 0 saturated heterocycles. The zero-order valence-corrected chi connectivity index (χ0v) is 9.23. The van der Waals surface area contributed by atoms with E-state index < -0.39 is 0 Å². The van der Waals surface area contributed by atoms with Crippen molar-refractivity contribution in [2.45, 2.75) is 19.9 Å². The highest BCUT2D eigenvalue weighted by atomic mass is 16.1. The van der Waals surface area contributed by atoms with Crippen molar-refractivity contribution in [3.63, 3.8) is 0 Å². The minimum absolute atomic E-state index is 0.00278. The number of nitrogens with zero attached hydrogens (tertiary/aromatic N) is 2. The summed E-state index contributed by atoms with van der Waals surface area (Å²) in [6.07, 6.45) is 4.33. The van der Waals surface area contributed by atoms with Crippen LogP contribution in [-0.4, -0.2) is 22.0 Å². The molecule has 0 fully saturated rings. The van der Waals surface area contributed by atoms with E-state index >= 15 is 0 Å². The monoisotopic (exact) mass is 210 g/mol. The molecule has 5 nitrogen and oxygen atoms in total. The summed E-state index contributed by atoms with van der Waals surface area (Å²) in [6, 6.07) is 0. The Kier molecular flexibility index (Phi) is 4.30. The van der Waals surface area contributed by atoms with Gasteiger partial charge in [0.25, 0.3) is 0 Å². The normalized spacial score (nSPS) is 12.5. The second-order valence-corrected chi connectivity index (χ2v) is 3.51. The Morgan fingerprint density at radius 2 is 2.47 bits per heavy atom. The van der Waals surface area contributed by atoms with Gasteiger partial charge < -0.3 is 15.6 Å². The topological polar surface area (TPSA) is 72.9 Å². The number of amides is 1. The van der Waals surface area contributed by atoms with Gasteiger partial charge in [-0.15, -0.1) is 0 Å². The lowest BCUT2D eigenvalue weighted by Crippen LogP contribution is -2.34.